The highest BCUT2D eigenvalue weighted by Crippen LogP contribution is 2.21. The first-order valence-corrected chi connectivity index (χ1v) is 13.3. The number of nitrogens with zero attached hydrogens (tertiary/aromatic N) is 1. The van der Waals surface area contributed by atoms with Gasteiger partial charge in [0.2, 0.25) is 17.7 Å². The Balaban J connectivity index is 1.77. The van der Waals surface area contributed by atoms with Gasteiger partial charge in [-0.15, -0.1) is 0 Å². The Bertz CT molecular complexity index is 1140. The Kier molecular flexibility index (Phi) is 10.4. The highest BCUT2D eigenvalue weighted by Gasteiger charge is 2.39. The third kappa shape index (κ3) is 8.03. The molecule has 0 radical (unpaired) electrons. The monoisotopic (exact) mass is 538 g/mol. The second-order valence-corrected chi connectivity index (χ2v) is 10.1. The van der Waals surface area contributed by atoms with Gasteiger partial charge in [0.25, 0.3) is 0 Å². The molecule has 210 valence electrons. The summed E-state index contributed by atoms with van der Waals surface area (Å²) < 4.78 is 0. The van der Waals surface area contributed by atoms with Gasteiger partial charge in [0.15, 0.2) is 0 Å². The summed E-state index contributed by atoms with van der Waals surface area (Å²) in [5.41, 5.74) is 7.59. The van der Waals surface area contributed by atoms with Gasteiger partial charge in [0, 0.05) is 19.4 Å². The number of aliphatic carboxylic acids is 1. The van der Waals surface area contributed by atoms with Crippen LogP contribution in [-0.2, 0) is 32.0 Å². The number of hydrogen-bond acceptors (Lipinski definition) is 6. The van der Waals surface area contributed by atoms with Crippen molar-refractivity contribution in [3.63, 3.8) is 0 Å². The van der Waals surface area contributed by atoms with E-state index in [2.05, 4.69) is 10.6 Å². The lowest BCUT2D eigenvalue weighted by Crippen LogP contribution is -2.58. The van der Waals surface area contributed by atoms with Gasteiger partial charge >= 0.3 is 5.97 Å². The molecule has 10 nitrogen and oxygen atoms in total. The molecule has 0 spiro atoms. The number of likely N-dealkylation sites (tertiary alicyclic amines) is 1. The van der Waals surface area contributed by atoms with Crippen LogP contribution in [0.4, 0.5) is 0 Å². The number of carbonyl (C=O) groups excluding carboxylic acids is 3. The van der Waals surface area contributed by atoms with E-state index in [1.165, 1.54) is 17.0 Å². The highest BCUT2D eigenvalue weighted by molar-refractivity contribution is 5.94. The largest absolute Gasteiger partial charge is 0.508 e. The average Bonchev–Trinajstić information content (AvgIpc) is 3.43. The zero-order chi connectivity index (χ0) is 28.5. The van der Waals surface area contributed by atoms with E-state index in [-0.39, 0.29) is 24.5 Å². The summed E-state index contributed by atoms with van der Waals surface area (Å²) >= 11 is 0. The Morgan fingerprint density at radius 3 is 2.21 bits per heavy atom. The Labute approximate surface area is 228 Å². The fourth-order valence-electron chi connectivity index (χ4n) is 4.67. The first kappa shape index (κ1) is 29.6. The maximum Gasteiger partial charge on any atom is 0.326 e. The number of rotatable bonds is 12. The smallest absolute Gasteiger partial charge is 0.326 e. The van der Waals surface area contributed by atoms with Crippen LogP contribution in [0.25, 0.3) is 0 Å². The van der Waals surface area contributed by atoms with E-state index in [1.54, 1.807) is 36.4 Å². The molecular weight excluding hydrogens is 500 g/mol. The lowest BCUT2D eigenvalue weighted by molar-refractivity contribution is -0.145. The fraction of sp³-hybridized carbons (Fsp3) is 0.448. The second kappa shape index (κ2) is 13.7. The third-order valence-electron chi connectivity index (χ3n) is 7.29. The molecule has 2 aromatic rings. The molecule has 3 rings (SSSR count). The summed E-state index contributed by atoms with van der Waals surface area (Å²) in [5, 5.41) is 24.7. The molecular formula is C29H38N4O6. The molecule has 0 bridgehead atoms. The van der Waals surface area contributed by atoms with Crippen LogP contribution in [0.15, 0.2) is 54.6 Å². The minimum absolute atomic E-state index is 0.0734. The second-order valence-electron chi connectivity index (χ2n) is 10.1. The lowest BCUT2D eigenvalue weighted by Gasteiger charge is -2.30. The Hall–Kier alpha value is -3.92. The Morgan fingerprint density at radius 1 is 0.974 bits per heavy atom. The maximum atomic E-state index is 13.8. The number of carbonyl (C=O) groups is 4. The van der Waals surface area contributed by atoms with E-state index in [0.29, 0.717) is 31.4 Å². The zero-order valence-corrected chi connectivity index (χ0v) is 22.4. The molecule has 6 N–H and O–H groups in total. The minimum atomic E-state index is -1.17. The van der Waals surface area contributed by atoms with Crippen molar-refractivity contribution >= 4 is 23.7 Å². The number of nitrogens with one attached hydrogen (secondary N) is 2. The summed E-state index contributed by atoms with van der Waals surface area (Å²) in [6.45, 7) is 4.08. The van der Waals surface area contributed by atoms with Gasteiger partial charge in [-0.3, -0.25) is 14.4 Å². The number of aromatic hydroxyl groups is 1. The number of amides is 3. The molecule has 0 saturated carbocycles. The molecule has 1 fully saturated rings. The van der Waals surface area contributed by atoms with Crippen LogP contribution in [-0.4, -0.2) is 69.5 Å². The van der Waals surface area contributed by atoms with Crippen LogP contribution >= 0.6 is 0 Å². The van der Waals surface area contributed by atoms with E-state index in [4.69, 9.17) is 5.73 Å². The summed E-state index contributed by atoms with van der Waals surface area (Å²) in [4.78, 5) is 53.2. The molecule has 1 saturated heterocycles. The molecule has 5 atom stereocenters. The van der Waals surface area contributed by atoms with Gasteiger partial charge in [0.1, 0.15) is 23.9 Å². The number of phenols is 1. The van der Waals surface area contributed by atoms with Crippen LogP contribution in [0.3, 0.4) is 0 Å². The highest BCUT2D eigenvalue weighted by atomic mass is 16.4. The van der Waals surface area contributed by atoms with Crippen molar-refractivity contribution in [1.29, 1.82) is 0 Å². The topological polar surface area (TPSA) is 162 Å². The molecule has 5 unspecified atom stereocenters. The fourth-order valence-corrected chi connectivity index (χ4v) is 4.67. The number of benzene rings is 2. The van der Waals surface area contributed by atoms with Crippen molar-refractivity contribution < 1.29 is 29.4 Å². The van der Waals surface area contributed by atoms with Gasteiger partial charge in [-0.1, -0.05) is 62.7 Å². The van der Waals surface area contributed by atoms with E-state index in [9.17, 15) is 29.4 Å². The Morgan fingerprint density at radius 2 is 1.59 bits per heavy atom. The van der Waals surface area contributed by atoms with Crippen molar-refractivity contribution in [1.82, 2.24) is 15.5 Å². The number of nitrogens with two attached hydrogens (primary N) is 1. The van der Waals surface area contributed by atoms with E-state index >= 15 is 0 Å². The number of hydrogen-bond donors (Lipinski definition) is 5. The molecule has 0 aliphatic carbocycles. The molecule has 1 aliphatic heterocycles. The van der Waals surface area contributed by atoms with Gasteiger partial charge in [-0.2, -0.15) is 0 Å². The number of phenolic OH excluding ortho intramolecular Hbond substituents is 1. The van der Waals surface area contributed by atoms with Gasteiger partial charge in [-0.25, -0.2) is 4.79 Å². The van der Waals surface area contributed by atoms with Gasteiger partial charge < -0.3 is 31.5 Å². The van der Waals surface area contributed by atoms with Crippen molar-refractivity contribution in [2.24, 2.45) is 11.7 Å². The molecule has 3 amide bonds. The number of carboxylic acids is 1. The van der Waals surface area contributed by atoms with E-state index < -0.39 is 47.9 Å². The summed E-state index contributed by atoms with van der Waals surface area (Å²) in [6.07, 6.45) is 1.87. The third-order valence-corrected chi connectivity index (χ3v) is 7.29. The molecule has 39 heavy (non-hydrogen) atoms. The van der Waals surface area contributed by atoms with Crippen LogP contribution < -0.4 is 16.4 Å². The summed E-state index contributed by atoms with van der Waals surface area (Å²) in [6, 6.07) is 11.5. The van der Waals surface area contributed by atoms with Gasteiger partial charge in [-0.05, 0) is 42.0 Å². The maximum absolute atomic E-state index is 13.8. The molecule has 10 heteroatoms. The molecule has 0 aromatic heterocycles. The van der Waals surface area contributed by atoms with Gasteiger partial charge in [0.05, 0.1) is 6.04 Å². The predicted molar refractivity (Wildman–Crippen MR) is 146 cm³/mol. The first-order valence-electron chi connectivity index (χ1n) is 13.3. The summed E-state index contributed by atoms with van der Waals surface area (Å²) in [5.74, 6) is -2.65. The van der Waals surface area contributed by atoms with Crippen LogP contribution in [0, 0.1) is 5.92 Å². The van der Waals surface area contributed by atoms with Crippen molar-refractivity contribution in [3.8, 4) is 5.75 Å². The van der Waals surface area contributed by atoms with Crippen molar-refractivity contribution in [2.45, 2.75) is 70.1 Å². The normalized spacial score (nSPS) is 18.0. The number of carboxylic acid groups (broad SMARTS) is 1. The first-order chi connectivity index (χ1) is 18.6. The van der Waals surface area contributed by atoms with Crippen molar-refractivity contribution in [3.05, 3.63) is 65.7 Å². The quantitative estimate of drug-likeness (QED) is 0.274. The minimum Gasteiger partial charge on any atom is -0.508 e. The average molecular weight is 539 g/mol. The molecule has 2 aromatic carbocycles. The molecule has 1 heterocycles. The van der Waals surface area contributed by atoms with Crippen LogP contribution in [0.1, 0.15) is 44.2 Å². The zero-order valence-electron chi connectivity index (χ0n) is 22.4. The van der Waals surface area contributed by atoms with Crippen molar-refractivity contribution in [2.75, 3.05) is 6.54 Å². The lowest BCUT2D eigenvalue weighted by atomic mass is 9.98. The SMILES string of the molecule is CCC(C)C(N)C(=O)NC(Cc1ccc(O)cc1)C(=O)N1CCCC1C(=O)NC(Cc1ccccc1)C(=O)O. The standard InChI is InChI=1S/C29H38N4O6/c1-3-18(2)25(30)27(36)31-22(16-20-11-13-21(34)14-12-20)28(37)33-15-7-10-24(33)26(35)32-23(29(38)39)17-19-8-5-4-6-9-19/h4-6,8-9,11-14,18,22-25,34H,3,7,10,15-17,30H2,1-2H3,(H,31,36)(H,32,35)(H,38,39). The predicted octanol–water partition coefficient (Wildman–Crippen LogP) is 1.60. The van der Waals surface area contributed by atoms with E-state index in [1.807, 2.05) is 19.9 Å². The van der Waals surface area contributed by atoms with E-state index in [0.717, 1.165) is 5.56 Å². The molecule has 1 aliphatic rings. The summed E-state index contributed by atoms with van der Waals surface area (Å²) in [7, 11) is 0. The van der Waals surface area contributed by atoms with Crippen LogP contribution in [0.2, 0.25) is 0 Å². The van der Waals surface area contributed by atoms with Crippen LogP contribution in [0.5, 0.6) is 5.75 Å².